The first kappa shape index (κ1) is 13.3. The van der Waals surface area contributed by atoms with E-state index in [1.54, 1.807) is 4.90 Å². The molecule has 0 unspecified atom stereocenters. The molecule has 0 radical (unpaired) electrons. The van der Waals surface area contributed by atoms with E-state index in [9.17, 15) is 14.7 Å². The van der Waals surface area contributed by atoms with E-state index in [-0.39, 0.29) is 11.3 Å². The average molecular weight is 254 g/mol. The molecule has 5 nitrogen and oxygen atoms in total. The molecule has 102 valence electrons. The first-order valence-electron chi connectivity index (χ1n) is 6.85. The number of likely N-dealkylation sites (tertiary alicyclic amines) is 1. The molecule has 2 aliphatic heterocycles. The van der Waals surface area contributed by atoms with Crippen molar-refractivity contribution < 1.29 is 14.7 Å². The monoisotopic (exact) mass is 254 g/mol. The summed E-state index contributed by atoms with van der Waals surface area (Å²) < 4.78 is 0. The minimum Gasteiger partial charge on any atom is -0.480 e. The normalized spacial score (nSPS) is 27.2. The summed E-state index contributed by atoms with van der Waals surface area (Å²) in [6.07, 6.45) is 3.85. The Morgan fingerprint density at radius 1 is 1.39 bits per heavy atom. The molecule has 2 N–H and O–H groups in total. The Bertz CT molecular complexity index is 337. The Morgan fingerprint density at radius 2 is 2.06 bits per heavy atom. The zero-order valence-corrected chi connectivity index (χ0v) is 10.9. The fourth-order valence-electron chi connectivity index (χ4n) is 3.20. The van der Waals surface area contributed by atoms with Gasteiger partial charge in [0, 0.05) is 6.54 Å². The molecule has 0 aliphatic carbocycles. The van der Waals surface area contributed by atoms with Gasteiger partial charge in [-0.15, -0.1) is 0 Å². The quantitative estimate of drug-likeness (QED) is 0.783. The fraction of sp³-hybridized carbons (Fsp3) is 0.846. The molecule has 0 aromatic heterocycles. The van der Waals surface area contributed by atoms with Crippen molar-refractivity contribution in [3.8, 4) is 0 Å². The average Bonchev–Trinajstić information content (AvgIpc) is 2.88. The third kappa shape index (κ3) is 2.23. The van der Waals surface area contributed by atoms with Crippen molar-refractivity contribution in [2.45, 2.75) is 45.1 Å². The van der Waals surface area contributed by atoms with Crippen molar-refractivity contribution in [3.63, 3.8) is 0 Å². The highest BCUT2D eigenvalue weighted by Gasteiger charge is 2.45. The highest BCUT2D eigenvalue weighted by molar-refractivity contribution is 5.88. The molecule has 0 aromatic carbocycles. The van der Waals surface area contributed by atoms with Crippen LogP contribution >= 0.6 is 0 Å². The molecule has 1 atom stereocenters. The van der Waals surface area contributed by atoms with Crippen molar-refractivity contribution in [1.82, 2.24) is 10.2 Å². The van der Waals surface area contributed by atoms with Gasteiger partial charge in [0.1, 0.15) is 6.04 Å². The van der Waals surface area contributed by atoms with Gasteiger partial charge in [0.2, 0.25) is 5.91 Å². The van der Waals surface area contributed by atoms with E-state index < -0.39 is 12.0 Å². The maximum Gasteiger partial charge on any atom is 0.326 e. The SMILES string of the molecule is CCC1(C(=O)N2CCC[C@@H]2C(=O)O)CCNCC1. The fourth-order valence-corrected chi connectivity index (χ4v) is 3.20. The molecule has 1 amide bonds. The molecular weight excluding hydrogens is 232 g/mol. The van der Waals surface area contributed by atoms with Crippen LogP contribution in [0.1, 0.15) is 39.0 Å². The molecule has 2 rings (SSSR count). The van der Waals surface area contributed by atoms with Crippen LogP contribution in [-0.2, 0) is 9.59 Å². The van der Waals surface area contributed by atoms with E-state index in [0.717, 1.165) is 38.8 Å². The van der Waals surface area contributed by atoms with Gasteiger partial charge in [-0.3, -0.25) is 4.79 Å². The number of carboxylic acid groups (broad SMARTS) is 1. The van der Waals surface area contributed by atoms with E-state index >= 15 is 0 Å². The minimum atomic E-state index is -0.860. The Kier molecular flexibility index (Phi) is 3.90. The number of hydrogen-bond acceptors (Lipinski definition) is 3. The largest absolute Gasteiger partial charge is 0.480 e. The molecule has 2 aliphatic rings. The Balaban J connectivity index is 2.15. The molecule has 2 heterocycles. The summed E-state index contributed by atoms with van der Waals surface area (Å²) in [6.45, 7) is 4.34. The topological polar surface area (TPSA) is 69.6 Å². The van der Waals surface area contributed by atoms with Gasteiger partial charge in [0.25, 0.3) is 0 Å². The van der Waals surface area contributed by atoms with Gasteiger partial charge in [-0.2, -0.15) is 0 Å². The van der Waals surface area contributed by atoms with E-state index in [0.29, 0.717) is 13.0 Å². The number of hydrogen-bond donors (Lipinski definition) is 2. The van der Waals surface area contributed by atoms with Gasteiger partial charge in [0.15, 0.2) is 0 Å². The van der Waals surface area contributed by atoms with E-state index in [2.05, 4.69) is 5.32 Å². The summed E-state index contributed by atoms with van der Waals surface area (Å²) >= 11 is 0. The molecule has 0 aromatic rings. The van der Waals surface area contributed by atoms with Crippen molar-refractivity contribution in [1.29, 1.82) is 0 Å². The van der Waals surface area contributed by atoms with Crippen molar-refractivity contribution >= 4 is 11.9 Å². The second-order valence-electron chi connectivity index (χ2n) is 5.38. The lowest BCUT2D eigenvalue weighted by molar-refractivity contribution is -0.154. The summed E-state index contributed by atoms with van der Waals surface area (Å²) in [5, 5.41) is 12.4. The number of carboxylic acids is 1. The Labute approximate surface area is 108 Å². The predicted octanol–water partition coefficient (Wildman–Crippen LogP) is 0.842. The van der Waals surface area contributed by atoms with Crippen LogP contribution in [0.5, 0.6) is 0 Å². The van der Waals surface area contributed by atoms with Gasteiger partial charge in [0.05, 0.1) is 5.41 Å². The molecule has 2 saturated heterocycles. The first-order chi connectivity index (χ1) is 8.60. The van der Waals surface area contributed by atoms with Crippen LogP contribution in [0.2, 0.25) is 0 Å². The van der Waals surface area contributed by atoms with Crippen molar-refractivity contribution in [2.24, 2.45) is 5.41 Å². The van der Waals surface area contributed by atoms with Crippen LogP contribution in [0.3, 0.4) is 0 Å². The number of rotatable bonds is 3. The lowest BCUT2D eigenvalue weighted by Gasteiger charge is -2.39. The van der Waals surface area contributed by atoms with Crippen LogP contribution in [0.25, 0.3) is 0 Å². The highest BCUT2D eigenvalue weighted by Crippen LogP contribution is 2.36. The van der Waals surface area contributed by atoms with E-state index in [1.807, 2.05) is 6.92 Å². The van der Waals surface area contributed by atoms with Gasteiger partial charge < -0.3 is 15.3 Å². The minimum absolute atomic E-state index is 0.0661. The number of aliphatic carboxylic acids is 1. The zero-order valence-electron chi connectivity index (χ0n) is 10.9. The number of amides is 1. The smallest absolute Gasteiger partial charge is 0.326 e. The summed E-state index contributed by atoms with van der Waals surface area (Å²) in [4.78, 5) is 25.5. The zero-order chi connectivity index (χ0) is 13.2. The Morgan fingerprint density at radius 3 is 2.61 bits per heavy atom. The van der Waals surface area contributed by atoms with E-state index in [4.69, 9.17) is 0 Å². The van der Waals surface area contributed by atoms with Crippen LogP contribution in [0, 0.1) is 5.41 Å². The summed E-state index contributed by atoms with van der Waals surface area (Å²) in [5.74, 6) is -0.794. The molecule has 18 heavy (non-hydrogen) atoms. The number of carbonyl (C=O) groups excluding carboxylic acids is 1. The van der Waals surface area contributed by atoms with Gasteiger partial charge >= 0.3 is 5.97 Å². The number of nitrogens with one attached hydrogen (secondary N) is 1. The molecular formula is C13H22N2O3. The highest BCUT2D eigenvalue weighted by atomic mass is 16.4. The van der Waals surface area contributed by atoms with Gasteiger partial charge in [-0.05, 0) is 45.2 Å². The number of piperidine rings is 1. The third-order valence-electron chi connectivity index (χ3n) is 4.49. The number of carbonyl (C=O) groups is 2. The molecule has 2 fully saturated rings. The summed E-state index contributed by atoms with van der Waals surface area (Å²) in [7, 11) is 0. The summed E-state index contributed by atoms with van der Waals surface area (Å²) in [6, 6.07) is -0.601. The standard InChI is InChI=1S/C13H22N2O3/c1-2-13(5-7-14-8-6-13)12(18)15-9-3-4-10(15)11(16)17/h10,14H,2-9H2,1H3,(H,16,17)/t10-/m1/s1. The molecule has 5 heteroatoms. The molecule has 0 spiro atoms. The van der Waals surface area contributed by atoms with E-state index in [1.165, 1.54) is 0 Å². The maximum absolute atomic E-state index is 12.7. The predicted molar refractivity (Wildman–Crippen MR) is 67.2 cm³/mol. The van der Waals surface area contributed by atoms with Crippen LogP contribution < -0.4 is 5.32 Å². The first-order valence-corrected chi connectivity index (χ1v) is 6.85. The lowest BCUT2D eigenvalue weighted by Crippen LogP contribution is -2.52. The second-order valence-corrected chi connectivity index (χ2v) is 5.38. The van der Waals surface area contributed by atoms with Crippen molar-refractivity contribution in [3.05, 3.63) is 0 Å². The summed E-state index contributed by atoms with van der Waals surface area (Å²) in [5.41, 5.74) is -0.330. The van der Waals surface area contributed by atoms with Gasteiger partial charge in [-0.25, -0.2) is 4.79 Å². The number of nitrogens with zero attached hydrogens (tertiary/aromatic N) is 1. The third-order valence-corrected chi connectivity index (χ3v) is 4.49. The maximum atomic E-state index is 12.7. The van der Waals surface area contributed by atoms with Crippen LogP contribution in [-0.4, -0.2) is 47.6 Å². The molecule has 0 bridgehead atoms. The van der Waals surface area contributed by atoms with Crippen LogP contribution in [0.4, 0.5) is 0 Å². The Hall–Kier alpha value is -1.10. The van der Waals surface area contributed by atoms with Crippen molar-refractivity contribution in [2.75, 3.05) is 19.6 Å². The molecule has 0 saturated carbocycles. The van der Waals surface area contributed by atoms with Gasteiger partial charge in [-0.1, -0.05) is 6.92 Å². The van der Waals surface area contributed by atoms with Crippen LogP contribution in [0.15, 0.2) is 0 Å². The second kappa shape index (κ2) is 5.26. The lowest BCUT2D eigenvalue weighted by atomic mass is 9.75.